The summed E-state index contributed by atoms with van der Waals surface area (Å²) < 4.78 is 26.9. The standard InChI is InChI=1S/C23H17F2N3O2/c1-14-5-7-15(8-6-14)20-21(27-16-9-10-18(24)19(25)12-16)23(30)28(22(20)29)13-17-4-2-3-11-26-17/h2-12,27H,13H2,1H3. The first-order valence-electron chi connectivity index (χ1n) is 9.23. The predicted molar refractivity (Wildman–Crippen MR) is 108 cm³/mol. The van der Waals surface area contributed by atoms with Gasteiger partial charge in [-0.1, -0.05) is 35.9 Å². The third-order valence-corrected chi connectivity index (χ3v) is 4.74. The summed E-state index contributed by atoms with van der Waals surface area (Å²) in [5.41, 5.74) is 2.43. The van der Waals surface area contributed by atoms with Crippen LogP contribution in [0, 0.1) is 18.6 Å². The molecule has 0 fully saturated rings. The average molecular weight is 405 g/mol. The maximum Gasteiger partial charge on any atom is 0.278 e. The fourth-order valence-corrected chi connectivity index (χ4v) is 3.20. The molecule has 30 heavy (non-hydrogen) atoms. The van der Waals surface area contributed by atoms with Crippen molar-refractivity contribution in [2.45, 2.75) is 13.5 Å². The van der Waals surface area contributed by atoms with Crippen LogP contribution in [0.1, 0.15) is 16.8 Å². The van der Waals surface area contributed by atoms with Crippen LogP contribution in [0.4, 0.5) is 14.5 Å². The average Bonchev–Trinajstić information content (AvgIpc) is 2.96. The molecule has 0 saturated heterocycles. The number of carbonyl (C=O) groups is 2. The van der Waals surface area contributed by atoms with Gasteiger partial charge in [-0.15, -0.1) is 0 Å². The minimum atomic E-state index is -1.06. The fourth-order valence-electron chi connectivity index (χ4n) is 3.20. The number of halogens is 2. The summed E-state index contributed by atoms with van der Waals surface area (Å²) >= 11 is 0. The summed E-state index contributed by atoms with van der Waals surface area (Å²) in [6.07, 6.45) is 1.58. The molecular formula is C23H17F2N3O2. The number of nitrogens with zero attached hydrogens (tertiary/aromatic N) is 2. The van der Waals surface area contributed by atoms with Gasteiger partial charge in [0.1, 0.15) is 5.70 Å². The van der Waals surface area contributed by atoms with Crippen LogP contribution >= 0.6 is 0 Å². The van der Waals surface area contributed by atoms with Crippen molar-refractivity contribution in [3.63, 3.8) is 0 Å². The Morgan fingerprint density at radius 3 is 2.37 bits per heavy atom. The lowest BCUT2D eigenvalue weighted by Gasteiger charge is -2.14. The third kappa shape index (κ3) is 3.69. The smallest absolute Gasteiger partial charge is 0.278 e. The third-order valence-electron chi connectivity index (χ3n) is 4.74. The van der Waals surface area contributed by atoms with Gasteiger partial charge in [-0.2, -0.15) is 0 Å². The lowest BCUT2D eigenvalue weighted by atomic mass is 10.0. The van der Waals surface area contributed by atoms with E-state index in [1.807, 2.05) is 19.1 Å². The first-order valence-corrected chi connectivity index (χ1v) is 9.23. The second-order valence-electron chi connectivity index (χ2n) is 6.89. The summed E-state index contributed by atoms with van der Waals surface area (Å²) in [5.74, 6) is -3.11. The van der Waals surface area contributed by atoms with Gasteiger partial charge in [0.05, 0.1) is 17.8 Å². The molecule has 1 aromatic heterocycles. The highest BCUT2D eigenvalue weighted by atomic mass is 19.2. The second-order valence-corrected chi connectivity index (χ2v) is 6.89. The molecule has 1 aliphatic heterocycles. The molecule has 0 bridgehead atoms. The molecule has 1 aliphatic rings. The number of nitrogens with one attached hydrogen (secondary N) is 1. The summed E-state index contributed by atoms with van der Waals surface area (Å²) in [7, 11) is 0. The Morgan fingerprint density at radius 1 is 0.933 bits per heavy atom. The quantitative estimate of drug-likeness (QED) is 0.651. The molecule has 4 rings (SSSR count). The molecule has 7 heteroatoms. The van der Waals surface area contributed by atoms with Crippen LogP contribution in [0.25, 0.3) is 5.57 Å². The first-order chi connectivity index (χ1) is 14.4. The first kappa shape index (κ1) is 19.4. The minimum Gasteiger partial charge on any atom is -0.350 e. The molecule has 1 N–H and O–H groups in total. The van der Waals surface area contributed by atoms with E-state index in [9.17, 15) is 18.4 Å². The summed E-state index contributed by atoms with van der Waals surface area (Å²) in [6.45, 7) is 1.91. The van der Waals surface area contributed by atoms with Crippen LogP contribution in [0.5, 0.6) is 0 Å². The topological polar surface area (TPSA) is 62.3 Å². The number of hydrogen-bond donors (Lipinski definition) is 1. The number of imide groups is 1. The molecule has 2 amide bonds. The summed E-state index contributed by atoms with van der Waals surface area (Å²) in [6, 6.07) is 15.6. The van der Waals surface area contributed by atoms with Crippen molar-refractivity contribution in [1.29, 1.82) is 0 Å². The SMILES string of the molecule is Cc1ccc(C2=C(Nc3ccc(F)c(F)c3)C(=O)N(Cc3ccccn3)C2=O)cc1. The summed E-state index contributed by atoms with van der Waals surface area (Å²) in [4.78, 5) is 31.5. The molecule has 0 radical (unpaired) electrons. The molecule has 0 saturated carbocycles. The molecule has 3 aromatic rings. The molecule has 0 atom stereocenters. The molecule has 150 valence electrons. The molecule has 2 aromatic carbocycles. The van der Waals surface area contributed by atoms with Gasteiger partial charge in [-0.25, -0.2) is 8.78 Å². The number of amides is 2. The lowest BCUT2D eigenvalue weighted by molar-refractivity contribution is -0.137. The molecule has 0 aliphatic carbocycles. The molecule has 0 spiro atoms. The zero-order chi connectivity index (χ0) is 21.3. The monoisotopic (exact) mass is 405 g/mol. The van der Waals surface area contributed by atoms with E-state index in [2.05, 4.69) is 10.3 Å². The zero-order valence-corrected chi connectivity index (χ0v) is 16.0. The van der Waals surface area contributed by atoms with Crippen molar-refractivity contribution >= 4 is 23.1 Å². The van der Waals surface area contributed by atoms with Crippen LogP contribution in [0.3, 0.4) is 0 Å². The van der Waals surface area contributed by atoms with E-state index in [1.165, 1.54) is 6.07 Å². The van der Waals surface area contributed by atoms with E-state index in [-0.39, 0.29) is 23.5 Å². The van der Waals surface area contributed by atoms with Crippen LogP contribution in [0.2, 0.25) is 0 Å². The van der Waals surface area contributed by atoms with Crippen molar-refractivity contribution < 1.29 is 18.4 Å². The predicted octanol–water partition coefficient (Wildman–Crippen LogP) is 4.06. The van der Waals surface area contributed by atoms with Gasteiger partial charge in [0.2, 0.25) is 0 Å². The van der Waals surface area contributed by atoms with Gasteiger partial charge in [0.25, 0.3) is 11.8 Å². The van der Waals surface area contributed by atoms with Gasteiger partial charge < -0.3 is 5.32 Å². The number of aromatic nitrogens is 1. The highest BCUT2D eigenvalue weighted by Crippen LogP contribution is 2.31. The van der Waals surface area contributed by atoms with E-state index >= 15 is 0 Å². The van der Waals surface area contributed by atoms with Gasteiger partial charge in [-0.05, 0) is 36.8 Å². The van der Waals surface area contributed by atoms with Gasteiger partial charge in [0, 0.05) is 18.0 Å². The largest absolute Gasteiger partial charge is 0.350 e. The Hall–Kier alpha value is -3.87. The number of benzene rings is 2. The molecule has 0 unspecified atom stereocenters. The zero-order valence-electron chi connectivity index (χ0n) is 16.0. The van der Waals surface area contributed by atoms with E-state index in [0.29, 0.717) is 11.3 Å². The van der Waals surface area contributed by atoms with Gasteiger partial charge >= 0.3 is 0 Å². The van der Waals surface area contributed by atoms with Crippen LogP contribution in [-0.4, -0.2) is 21.7 Å². The lowest BCUT2D eigenvalue weighted by Crippen LogP contribution is -2.32. The highest BCUT2D eigenvalue weighted by Gasteiger charge is 2.39. The molecule has 2 heterocycles. The van der Waals surface area contributed by atoms with Crippen molar-refractivity contribution in [1.82, 2.24) is 9.88 Å². The minimum absolute atomic E-state index is 0.00315. The van der Waals surface area contributed by atoms with E-state index in [4.69, 9.17) is 0 Å². The second kappa shape index (κ2) is 7.87. The van der Waals surface area contributed by atoms with E-state index in [0.717, 1.165) is 22.6 Å². The molecular weight excluding hydrogens is 388 g/mol. The Kier molecular flexibility index (Phi) is 5.10. The van der Waals surface area contributed by atoms with Gasteiger partial charge in [-0.3, -0.25) is 19.5 Å². The number of carbonyl (C=O) groups excluding carboxylic acids is 2. The Labute approximate surface area is 171 Å². The highest BCUT2D eigenvalue weighted by molar-refractivity contribution is 6.36. The van der Waals surface area contributed by atoms with Gasteiger partial charge in [0.15, 0.2) is 11.6 Å². The van der Waals surface area contributed by atoms with Crippen molar-refractivity contribution in [3.05, 3.63) is 101 Å². The number of hydrogen-bond acceptors (Lipinski definition) is 4. The maximum atomic E-state index is 13.7. The number of pyridine rings is 1. The molecule has 5 nitrogen and oxygen atoms in total. The van der Waals surface area contributed by atoms with Crippen LogP contribution < -0.4 is 5.32 Å². The Balaban J connectivity index is 1.75. The van der Waals surface area contributed by atoms with Crippen molar-refractivity contribution in [2.75, 3.05) is 5.32 Å². The number of rotatable bonds is 5. The van der Waals surface area contributed by atoms with Crippen LogP contribution in [-0.2, 0) is 16.1 Å². The fraction of sp³-hybridized carbons (Fsp3) is 0.0870. The summed E-state index contributed by atoms with van der Waals surface area (Å²) in [5, 5.41) is 2.81. The maximum absolute atomic E-state index is 13.7. The normalized spacial score (nSPS) is 13.9. The van der Waals surface area contributed by atoms with E-state index < -0.39 is 23.4 Å². The Bertz CT molecular complexity index is 1160. The van der Waals surface area contributed by atoms with Crippen molar-refractivity contribution in [3.8, 4) is 0 Å². The number of aryl methyl sites for hydroxylation is 1. The van der Waals surface area contributed by atoms with Crippen LogP contribution in [0.15, 0.2) is 72.6 Å². The Morgan fingerprint density at radius 2 is 1.70 bits per heavy atom. The van der Waals surface area contributed by atoms with Crippen molar-refractivity contribution in [2.24, 2.45) is 0 Å². The van der Waals surface area contributed by atoms with E-state index in [1.54, 1.807) is 36.5 Å². The number of anilines is 1.